The summed E-state index contributed by atoms with van der Waals surface area (Å²) in [7, 11) is 0. The Bertz CT molecular complexity index is 1310. The fourth-order valence-corrected chi connectivity index (χ4v) is 4.29. The van der Waals surface area contributed by atoms with Crippen LogP contribution >= 0.6 is 0 Å². The third kappa shape index (κ3) is 5.22. The Morgan fingerprint density at radius 2 is 2.03 bits per heavy atom. The van der Waals surface area contributed by atoms with Crippen molar-refractivity contribution in [2.75, 3.05) is 24.6 Å². The van der Waals surface area contributed by atoms with Gasteiger partial charge >= 0.3 is 12.2 Å². The lowest BCUT2D eigenvalue weighted by molar-refractivity contribution is -0.133. The number of nitriles is 1. The van der Waals surface area contributed by atoms with Crippen LogP contribution in [0.15, 0.2) is 18.7 Å². The molecule has 1 aliphatic carbocycles. The van der Waals surface area contributed by atoms with Gasteiger partial charge in [-0.1, -0.05) is 0 Å². The van der Waals surface area contributed by atoms with Crippen LogP contribution in [0.4, 0.5) is 19.1 Å². The lowest BCUT2D eigenvalue weighted by Gasteiger charge is -2.32. The third-order valence-electron chi connectivity index (χ3n) is 6.66. The zero-order valence-electron chi connectivity index (χ0n) is 19.3. The van der Waals surface area contributed by atoms with Crippen molar-refractivity contribution in [2.45, 2.75) is 50.6 Å². The number of aromatic amines is 1. The number of hydrogen-bond acceptors (Lipinski definition) is 9. The summed E-state index contributed by atoms with van der Waals surface area (Å²) >= 11 is 0. The Balaban J connectivity index is 1.33. The van der Waals surface area contributed by atoms with Crippen molar-refractivity contribution in [3.8, 4) is 12.1 Å². The van der Waals surface area contributed by atoms with Crippen LogP contribution in [0.2, 0.25) is 0 Å². The number of fused-ring (bicyclic) bond motifs is 1. The third-order valence-corrected chi connectivity index (χ3v) is 6.66. The molecule has 36 heavy (non-hydrogen) atoms. The summed E-state index contributed by atoms with van der Waals surface area (Å²) < 4.78 is 43.6. The van der Waals surface area contributed by atoms with E-state index in [1.807, 2.05) is 11.1 Å². The molecule has 188 valence electrons. The molecule has 2 aliphatic rings. The molecule has 1 saturated heterocycles. The number of aromatic nitrogens is 6. The maximum atomic E-state index is 12.7. The number of H-pyrrole nitrogens is 1. The van der Waals surface area contributed by atoms with Crippen LogP contribution in [0.3, 0.4) is 0 Å². The van der Waals surface area contributed by atoms with E-state index in [9.17, 15) is 23.2 Å². The number of carbonyl (C=O) groups is 1. The zero-order valence-corrected chi connectivity index (χ0v) is 19.3. The van der Waals surface area contributed by atoms with Crippen LogP contribution < -0.4 is 9.64 Å². The van der Waals surface area contributed by atoms with Gasteiger partial charge in [-0.2, -0.15) is 33.4 Å². The first-order valence-electron chi connectivity index (χ1n) is 11.7. The molecule has 0 radical (unpaired) electrons. The van der Waals surface area contributed by atoms with Gasteiger partial charge in [-0.25, -0.2) is 9.97 Å². The van der Waals surface area contributed by atoms with E-state index in [4.69, 9.17) is 4.74 Å². The average molecular weight is 500 g/mol. The summed E-state index contributed by atoms with van der Waals surface area (Å²) in [4.78, 5) is 38.3. The van der Waals surface area contributed by atoms with E-state index in [1.165, 1.54) is 6.33 Å². The number of Topliss-reactive ketones (excluding diaryl/α,β-unsaturated/α-hetero) is 1. The molecule has 0 spiro atoms. The van der Waals surface area contributed by atoms with Gasteiger partial charge in [-0.15, -0.1) is 0 Å². The number of anilines is 1. The Hall–Kier alpha value is -3.82. The second kappa shape index (κ2) is 9.33. The maximum absolute atomic E-state index is 12.7. The van der Waals surface area contributed by atoms with E-state index in [1.54, 1.807) is 6.20 Å². The van der Waals surface area contributed by atoms with E-state index in [2.05, 4.69) is 36.0 Å². The lowest BCUT2D eigenvalue weighted by Crippen LogP contribution is -2.34. The van der Waals surface area contributed by atoms with Crippen LogP contribution in [0.5, 0.6) is 6.01 Å². The number of nitrogens with zero attached hydrogens (tertiary/aromatic N) is 7. The molecule has 13 heteroatoms. The summed E-state index contributed by atoms with van der Waals surface area (Å²) in [6.45, 7) is 1.17. The summed E-state index contributed by atoms with van der Waals surface area (Å²) in [5, 5.41) is 10.3. The van der Waals surface area contributed by atoms with Gasteiger partial charge in [0.1, 0.15) is 18.6 Å². The molecule has 1 aliphatic heterocycles. The van der Waals surface area contributed by atoms with Crippen LogP contribution in [0, 0.1) is 16.7 Å². The van der Waals surface area contributed by atoms with Gasteiger partial charge in [0.15, 0.2) is 0 Å². The lowest BCUT2D eigenvalue weighted by atomic mass is 9.90. The predicted octanol–water partition coefficient (Wildman–Crippen LogP) is 3.73. The Labute approximate surface area is 203 Å². The normalized spacial score (nSPS) is 17.7. The van der Waals surface area contributed by atoms with Gasteiger partial charge in [0.2, 0.25) is 17.6 Å². The second-order valence-corrected chi connectivity index (χ2v) is 9.25. The fourth-order valence-electron chi connectivity index (χ4n) is 4.29. The Morgan fingerprint density at radius 3 is 2.72 bits per heavy atom. The van der Waals surface area contributed by atoms with E-state index in [0.29, 0.717) is 25.9 Å². The molecule has 0 aromatic carbocycles. The van der Waals surface area contributed by atoms with Crippen molar-refractivity contribution in [2.24, 2.45) is 5.41 Å². The SMILES string of the molecule is N#CC1(COc2nc(C(=O)CCC(F)(F)F)nc(N3CCC(c4c[nH]c5ncncc45)CC3)n2)CC1. The van der Waals surface area contributed by atoms with E-state index in [-0.39, 0.29) is 30.3 Å². The minimum atomic E-state index is -4.47. The van der Waals surface area contributed by atoms with Crippen molar-refractivity contribution in [3.63, 3.8) is 0 Å². The number of rotatable bonds is 8. The van der Waals surface area contributed by atoms with Gasteiger partial charge in [0.05, 0.1) is 17.9 Å². The molecule has 4 heterocycles. The number of piperidine rings is 1. The fraction of sp³-hybridized carbons (Fsp3) is 0.522. The van der Waals surface area contributed by atoms with Crippen LogP contribution in [0.25, 0.3) is 11.0 Å². The highest BCUT2D eigenvalue weighted by Crippen LogP contribution is 2.45. The minimum Gasteiger partial charge on any atom is -0.462 e. The van der Waals surface area contributed by atoms with Gasteiger partial charge in [0, 0.05) is 37.3 Å². The minimum absolute atomic E-state index is 0.0494. The molecule has 0 amide bonds. The quantitative estimate of drug-likeness (QED) is 0.459. The van der Waals surface area contributed by atoms with Crippen molar-refractivity contribution in [3.05, 3.63) is 30.1 Å². The van der Waals surface area contributed by atoms with Gasteiger partial charge in [0.25, 0.3) is 0 Å². The second-order valence-electron chi connectivity index (χ2n) is 9.25. The molecule has 1 saturated carbocycles. The number of ether oxygens (including phenoxy) is 1. The van der Waals surface area contributed by atoms with Crippen molar-refractivity contribution < 1.29 is 22.7 Å². The molecular weight excluding hydrogens is 477 g/mol. The zero-order chi connectivity index (χ0) is 25.3. The summed E-state index contributed by atoms with van der Waals surface area (Å²) in [5.74, 6) is -0.775. The highest BCUT2D eigenvalue weighted by Gasteiger charge is 2.44. The molecule has 3 aromatic rings. The molecular formula is C23H23F3N8O2. The molecule has 0 bridgehead atoms. The molecule has 1 N–H and O–H groups in total. The first-order valence-corrected chi connectivity index (χ1v) is 11.7. The Kier molecular flexibility index (Phi) is 6.19. The number of nitrogens with one attached hydrogen (secondary N) is 1. The smallest absolute Gasteiger partial charge is 0.389 e. The summed E-state index contributed by atoms with van der Waals surface area (Å²) in [6.07, 6.45) is 1.61. The number of ketones is 1. The predicted molar refractivity (Wildman–Crippen MR) is 120 cm³/mol. The van der Waals surface area contributed by atoms with Crippen molar-refractivity contribution in [1.29, 1.82) is 5.26 Å². The Morgan fingerprint density at radius 1 is 1.25 bits per heavy atom. The maximum Gasteiger partial charge on any atom is 0.389 e. The van der Waals surface area contributed by atoms with Gasteiger partial charge in [-0.3, -0.25) is 4.79 Å². The molecule has 0 unspecified atom stereocenters. The first-order chi connectivity index (χ1) is 17.3. The average Bonchev–Trinajstić information content (AvgIpc) is 3.55. The summed E-state index contributed by atoms with van der Waals surface area (Å²) in [6, 6.07) is 2.04. The highest BCUT2D eigenvalue weighted by atomic mass is 19.4. The molecule has 3 aromatic heterocycles. The van der Waals surface area contributed by atoms with Gasteiger partial charge < -0.3 is 14.6 Å². The molecule has 10 nitrogen and oxygen atoms in total. The first kappa shape index (κ1) is 23.9. The van der Waals surface area contributed by atoms with Crippen molar-refractivity contribution in [1.82, 2.24) is 29.9 Å². The van der Waals surface area contributed by atoms with Crippen LogP contribution in [-0.4, -0.2) is 61.6 Å². The molecule has 0 atom stereocenters. The summed E-state index contributed by atoms with van der Waals surface area (Å²) in [5.41, 5.74) is 1.29. The van der Waals surface area contributed by atoms with Crippen LogP contribution in [0.1, 0.15) is 60.6 Å². The molecule has 2 fully saturated rings. The van der Waals surface area contributed by atoms with E-state index < -0.39 is 30.2 Å². The number of carbonyl (C=O) groups excluding carboxylic acids is 1. The van der Waals surface area contributed by atoms with Crippen LogP contribution in [-0.2, 0) is 0 Å². The highest BCUT2D eigenvalue weighted by molar-refractivity contribution is 5.92. The monoisotopic (exact) mass is 500 g/mol. The van der Waals surface area contributed by atoms with Gasteiger partial charge in [-0.05, 0) is 37.2 Å². The number of alkyl halides is 3. The number of halogens is 3. The molecule has 5 rings (SSSR count). The largest absolute Gasteiger partial charge is 0.462 e. The van der Waals surface area contributed by atoms with Crippen molar-refractivity contribution >= 4 is 22.8 Å². The van der Waals surface area contributed by atoms with E-state index >= 15 is 0 Å². The van der Waals surface area contributed by atoms with E-state index in [0.717, 1.165) is 29.4 Å². The topological polar surface area (TPSA) is 134 Å². The standard InChI is InChI=1S/C23H23F3N8O2/c24-23(25,26)4-1-17(35)19-31-20(33-21(32-19)36-12-22(11-27)5-6-22)34-7-2-14(3-8-34)15-10-29-18-16(15)9-28-13-30-18/h9-10,13-14H,1-8,12H2,(H,28,29,30). The number of hydrogen-bond donors (Lipinski definition) is 1.